The zero-order chi connectivity index (χ0) is 48.8. The van der Waals surface area contributed by atoms with Gasteiger partial charge in [0.05, 0.1) is 36.5 Å². The second kappa shape index (κ2) is 20.6. The third-order valence-corrected chi connectivity index (χ3v) is 12.0. The molecule has 3 aliphatic heterocycles. The van der Waals surface area contributed by atoms with E-state index in [0.717, 1.165) is 29.4 Å². The fourth-order valence-corrected chi connectivity index (χ4v) is 8.48. The number of unbranched alkanes of at least 4 members (excludes halogenated alkanes) is 1. The van der Waals surface area contributed by atoms with E-state index in [1.807, 2.05) is 24.3 Å². The number of hydrogen-bond donors (Lipinski definition) is 5. The number of ether oxygens (including phenoxy) is 1. The fraction of sp³-hybridized carbons (Fsp3) is 0.375. The van der Waals surface area contributed by atoms with Gasteiger partial charge < -0.3 is 30.7 Å². The van der Waals surface area contributed by atoms with Crippen LogP contribution in [0.1, 0.15) is 72.4 Å². The Balaban J connectivity index is 0.729. The van der Waals surface area contributed by atoms with Crippen molar-refractivity contribution >= 4 is 63.8 Å². The van der Waals surface area contributed by atoms with Gasteiger partial charge in [-0.25, -0.2) is 19.3 Å². The van der Waals surface area contributed by atoms with Crippen LogP contribution in [0.5, 0.6) is 5.75 Å². The van der Waals surface area contributed by atoms with Crippen LogP contribution in [0.15, 0.2) is 84.3 Å². The predicted molar refractivity (Wildman–Crippen MR) is 253 cm³/mol. The summed E-state index contributed by atoms with van der Waals surface area (Å²) >= 11 is 0. The lowest BCUT2D eigenvalue weighted by Crippen LogP contribution is -2.54. The monoisotopic (exact) mass is 942 g/mol. The van der Waals surface area contributed by atoms with E-state index in [-0.39, 0.29) is 85.7 Å². The molecule has 3 aromatic heterocycles. The number of carbonyl (C=O) groups is 6. The number of aromatic nitrogens is 5. The number of allylic oxidation sites excluding steroid dienone is 1. The molecule has 1 unspecified atom stereocenters. The van der Waals surface area contributed by atoms with Gasteiger partial charge >= 0.3 is 0 Å². The lowest BCUT2D eigenvalue weighted by Gasteiger charge is -2.35. The maximum atomic E-state index is 13.4. The maximum absolute atomic E-state index is 13.4. The number of nitrogens with zero attached hydrogens (tertiary/aromatic N) is 8. The first-order valence-electron chi connectivity index (χ1n) is 22.8. The smallest absolute Gasteiger partial charge is 0.278 e. The summed E-state index contributed by atoms with van der Waals surface area (Å²) in [5.74, 6) is -1.86. The van der Waals surface area contributed by atoms with Crippen LogP contribution in [-0.4, -0.2) is 133 Å². The van der Waals surface area contributed by atoms with Crippen molar-refractivity contribution in [1.82, 2.24) is 50.1 Å². The first kappa shape index (κ1) is 47.7. The molecule has 8 rings (SSSR count). The van der Waals surface area contributed by atoms with Gasteiger partial charge in [-0.05, 0) is 81.6 Å². The Labute approximate surface area is 396 Å². The van der Waals surface area contributed by atoms with E-state index in [2.05, 4.69) is 47.6 Å². The van der Waals surface area contributed by atoms with Gasteiger partial charge in [-0.1, -0.05) is 18.2 Å². The number of hydrogen-bond acceptors (Lipinski definition) is 15. The van der Waals surface area contributed by atoms with Crippen LogP contribution in [0.3, 0.4) is 0 Å². The number of aliphatic hydroxyl groups is 1. The molecule has 2 saturated heterocycles. The summed E-state index contributed by atoms with van der Waals surface area (Å²) in [6.45, 7) is 11.1. The quantitative estimate of drug-likeness (QED) is 0.0452. The zero-order valence-electron chi connectivity index (χ0n) is 38.4. The molecule has 21 nitrogen and oxygen atoms in total. The van der Waals surface area contributed by atoms with Crippen LogP contribution in [0, 0.1) is 0 Å². The summed E-state index contributed by atoms with van der Waals surface area (Å²) in [4.78, 5) is 108. The van der Waals surface area contributed by atoms with E-state index in [1.165, 1.54) is 16.9 Å². The van der Waals surface area contributed by atoms with Gasteiger partial charge in [-0.15, -0.1) is 6.58 Å². The van der Waals surface area contributed by atoms with Crippen molar-refractivity contribution in [2.75, 3.05) is 62.6 Å². The highest BCUT2D eigenvalue weighted by atomic mass is 16.5. The summed E-state index contributed by atoms with van der Waals surface area (Å²) in [5.41, 5.74) is 1.22. The number of carbonyl (C=O) groups excluding carboxylic acids is 6. The van der Waals surface area contributed by atoms with E-state index in [1.54, 1.807) is 54.9 Å². The Kier molecular flexibility index (Phi) is 14.3. The number of rotatable bonds is 19. The van der Waals surface area contributed by atoms with Gasteiger partial charge in [0, 0.05) is 63.1 Å². The summed E-state index contributed by atoms with van der Waals surface area (Å²) < 4.78 is 8.86. The van der Waals surface area contributed by atoms with E-state index in [9.17, 15) is 38.7 Å². The third-order valence-electron chi connectivity index (χ3n) is 12.0. The number of imide groups is 2. The number of fused-ring (bicyclic) bond motifs is 2. The van der Waals surface area contributed by atoms with E-state index in [4.69, 9.17) is 9.72 Å². The van der Waals surface area contributed by atoms with Crippen molar-refractivity contribution in [3.8, 4) is 11.6 Å². The Bertz CT molecular complexity index is 2860. The molecule has 2 aromatic carbocycles. The van der Waals surface area contributed by atoms with Crippen molar-refractivity contribution < 1.29 is 38.6 Å². The zero-order valence-corrected chi connectivity index (χ0v) is 38.4. The van der Waals surface area contributed by atoms with Crippen LogP contribution in [0.4, 0.5) is 17.3 Å². The lowest BCUT2D eigenvalue weighted by molar-refractivity contribution is -0.136. The van der Waals surface area contributed by atoms with Crippen molar-refractivity contribution in [1.29, 1.82) is 0 Å². The topological polar surface area (TPSA) is 255 Å². The number of piperazine rings is 1. The highest BCUT2D eigenvalue weighted by Gasteiger charge is 2.46. The minimum absolute atomic E-state index is 0.0176. The molecule has 0 radical (unpaired) electrons. The molecule has 5 N–H and O–H groups in total. The average Bonchev–Trinajstić information content (AvgIpc) is 3.75. The van der Waals surface area contributed by atoms with Crippen molar-refractivity contribution in [3.63, 3.8) is 0 Å². The summed E-state index contributed by atoms with van der Waals surface area (Å²) in [6, 6.07) is 16.6. The highest BCUT2D eigenvalue weighted by Crippen LogP contribution is 2.34. The van der Waals surface area contributed by atoms with Crippen LogP contribution in [0.25, 0.3) is 16.9 Å². The molecule has 21 heteroatoms. The number of pyridine rings is 1. The molecule has 69 heavy (non-hydrogen) atoms. The lowest BCUT2D eigenvalue weighted by atomic mass is 10.0. The van der Waals surface area contributed by atoms with Crippen molar-refractivity contribution in [2.45, 2.75) is 64.1 Å². The van der Waals surface area contributed by atoms with Crippen molar-refractivity contribution in [3.05, 3.63) is 107 Å². The molecule has 0 saturated carbocycles. The normalized spacial score (nSPS) is 16.4. The molecule has 0 bridgehead atoms. The number of piperidine rings is 1. The van der Waals surface area contributed by atoms with Gasteiger partial charge in [0.25, 0.3) is 17.4 Å². The molecule has 3 aliphatic rings. The SMILES string of the molecule is C=CCn1c(=O)c2cnc(Nc3ccc(N4CCN(CC(=O)NCCCCC(=O)NCCOc5cccc6c5C(=O)N(C5CCC(=O)NC5=O)C6=O)CC4)cc3)nc2n1-c1cccc(C(C)(C)O)n1. The van der Waals surface area contributed by atoms with Crippen LogP contribution in [0.2, 0.25) is 0 Å². The minimum Gasteiger partial charge on any atom is -0.491 e. The highest BCUT2D eigenvalue weighted by molar-refractivity contribution is 6.24. The number of benzene rings is 2. The van der Waals surface area contributed by atoms with Crippen LogP contribution >= 0.6 is 0 Å². The van der Waals surface area contributed by atoms with Crippen molar-refractivity contribution in [2.24, 2.45) is 0 Å². The molecule has 6 amide bonds. The Morgan fingerprint density at radius 2 is 1.67 bits per heavy atom. The maximum Gasteiger partial charge on any atom is 0.278 e. The minimum atomic E-state index is -1.20. The number of nitrogens with one attached hydrogen (secondary N) is 4. The van der Waals surface area contributed by atoms with Gasteiger partial charge in [0.1, 0.15) is 29.4 Å². The van der Waals surface area contributed by atoms with E-state index in [0.29, 0.717) is 55.0 Å². The molecule has 6 heterocycles. The average molecular weight is 943 g/mol. The molecule has 5 aromatic rings. The third kappa shape index (κ3) is 10.7. The predicted octanol–water partition coefficient (Wildman–Crippen LogP) is 2.14. The van der Waals surface area contributed by atoms with Gasteiger partial charge in [-0.2, -0.15) is 4.98 Å². The fourth-order valence-electron chi connectivity index (χ4n) is 8.48. The van der Waals surface area contributed by atoms with Crippen LogP contribution < -0.4 is 36.5 Å². The largest absolute Gasteiger partial charge is 0.491 e. The summed E-state index contributed by atoms with van der Waals surface area (Å²) in [5, 5.41) is 22.1. The Morgan fingerprint density at radius 3 is 2.41 bits per heavy atom. The van der Waals surface area contributed by atoms with Gasteiger partial charge in [0.15, 0.2) is 11.5 Å². The summed E-state index contributed by atoms with van der Waals surface area (Å²) in [6.07, 6.45) is 4.59. The van der Waals surface area contributed by atoms with E-state index < -0.39 is 35.3 Å². The first-order valence-corrected chi connectivity index (χ1v) is 22.8. The van der Waals surface area contributed by atoms with E-state index >= 15 is 0 Å². The molecule has 0 aliphatic carbocycles. The number of amides is 6. The molecular weight excluding hydrogens is 889 g/mol. The molecule has 1 atom stereocenters. The standard InChI is InChI=1S/C48H54N12O9/c1-4-22-58-44(65)33-28-51-47(55-42(33)60(58)37-12-8-11-36(53-37)48(2,3)68)52-30-14-16-31(17-15-30)57-25-23-56(24-26-57)29-40(63)49-20-6-5-13-38(61)50-21-27-69-35-10-7-9-32-41(35)46(67)59(45(32)66)34-18-19-39(62)54-43(34)64/h4,7-12,14-17,28,34,68H,1,5-6,13,18-27,29H2,2-3H3,(H,49,63)(H,50,61)(H,51,52,55)(H,54,62,64). The molecule has 0 spiro atoms. The Morgan fingerprint density at radius 1 is 0.913 bits per heavy atom. The second-order valence-corrected chi connectivity index (χ2v) is 17.4. The molecule has 360 valence electrons. The van der Waals surface area contributed by atoms with Gasteiger partial charge in [-0.3, -0.25) is 48.7 Å². The first-order chi connectivity index (χ1) is 33.2. The molecule has 2 fully saturated rings. The summed E-state index contributed by atoms with van der Waals surface area (Å²) in [7, 11) is 0. The second-order valence-electron chi connectivity index (χ2n) is 17.4. The van der Waals surface area contributed by atoms with Gasteiger partial charge in [0.2, 0.25) is 29.6 Å². The molecular formula is C48H54N12O9. The van der Waals surface area contributed by atoms with Crippen LogP contribution in [-0.2, 0) is 31.3 Å². The Hall–Kier alpha value is -7.78. The number of anilines is 3.